The van der Waals surface area contributed by atoms with Crippen LogP contribution in [0.5, 0.6) is 0 Å². The number of nitrogens with zero attached hydrogens (tertiary/aromatic N) is 2. The van der Waals surface area contributed by atoms with E-state index in [4.69, 9.17) is 4.52 Å². The second kappa shape index (κ2) is 6.77. The van der Waals surface area contributed by atoms with Gasteiger partial charge >= 0.3 is 0 Å². The molecule has 1 amide bonds. The summed E-state index contributed by atoms with van der Waals surface area (Å²) in [5.74, 6) is 1.09. The van der Waals surface area contributed by atoms with Crippen molar-refractivity contribution >= 4 is 11.6 Å². The molecule has 1 aliphatic heterocycles. The molecule has 1 N–H and O–H groups in total. The lowest BCUT2D eigenvalue weighted by atomic mass is 10.0. The first-order valence-corrected chi connectivity index (χ1v) is 8.56. The van der Waals surface area contributed by atoms with E-state index < -0.39 is 0 Å². The molecule has 2 heterocycles. The van der Waals surface area contributed by atoms with E-state index in [2.05, 4.69) is 36.5 Å². The van der Waals surface area contributed by atoms with Crippen LogP contribution in [0.1, 0.15) is 61.4 Å². The maximum Gasteiger partial charge on any atom is 0.227 e. The molecule has 0 spiro atoms. The Bertz CT molecular complexity index is 701. The van der Waals surface area contributed by atoms with Crippen LogP contribution in [0.2, 0.25) is 0 Å². The molecule has 2 atom stereocenters. The molecule has 1 aromatic carbocycles. The van der Waals surface area contributed by atoms with Gasteiger partial charge in [0.15, 0.2) is 0 Å². The topological polar surface area (TPSA) is 58.4 Å². The predicted molar refractivity (Wildman–Crippen MR) is 94.0 cm³/mol. The Hall–Kier alpha value is -2.14. The Morgan fingerprint density at radius 3 is 2.42 bits per heavy atom. The average Bonchev–Trinajstić information content (AvgIpc) is 3.13. The number of hydrogen-bond acceptors (Lipinski definition) is 4. The molecule has 5 nitrogen and oxygen atoms in total. The highest BCUT2D eigenvalue weighted by atomic mass is 16.5. The molecule has 0 unspecified atom stereocenters. The molecule has 2 aromatic rings. The first kappa shape index (κ1) is 16.7. The van der Waals surface area contributed by atoms with Gasteiger partial charge in [0.2, 0.25) is 5.91 Å². The van der Waals surface area contributed by atoms with Gasteiger partial charge in [-0.2, -0.15) is 0 Å². The van der Waals surface area contributed by atoms with E-state index in [9.17, 15) is 4.79 Å². The molecular formula is C19H25N3O2. The zero-order valence-corrected chi connectivity index (χ0v) is 14.8. The Labute approximate surface area is 143 Å². The highest BCUT2D eigenvalue weighted by molar-refractivity contribution is 5.95. The highest BCUT2D eigenvalue weighted by Gasteiger charge is 2.22. The van der Waals surface area contributed by atoms with Gasteiger partial charge in [0.05, 0.1) is 5.69 Å². The number of carbonyl (C=O) groups excluding carboxylic acids is 1. The van der Waals surface area contributed by atoms with Crippen LogP contribution in [0.25, 0.3) is 0 Å². The smallest absolute Gasteiger partial charge is 0.227 e. The van der Waals surface area contributed by atoms with Gasteiger partial charge in [-0.15, -0.1) is 0 Å². The molecule has 0 saturated carbocycles. The minimum atomic E-state index is 0.158. The molecule has 0 bridgehead atoms. The summed E-state index contributed by atoms with van der Waals surface area (Å²) < 4.78 is 5.26. The fourth-order valence-electron chi connectivity index (χ4n) is 3.53. The molecule has 128 valence electrons. The van der Waals surface area contributed by atoms with Crippen LogP contribution in [0.15, 0.2) is 28.8 Å². The van der Waals surface area contributed by atoms with Crippen molar-refractivity contribution < 1.29 is 9.32 Å². The van der Waals surface area contributed by atoms with Gasteiger partial charge in [0.1, 0.15) is 5.76 Å². The average molecular weight is 327 g/mol. The third kappa shape index (κ3) is 3.22. The van der Waals surface area contributed by atoms with Crippen molar-refractivity contribution in [1.82, 2.24) is 10.5 Å². The molecule has 0 aliphatic carbocycles. The van der Waals surface area contributed by atoms with E-state index in [0.717, 1.165) is 35.7 Å². The lowest BCUT2D eigenvalue weighted by molar-refractivity contribution is -0.117. The van der Waals surface area contributed by atoms with E-state index in [1.807, 2.05) is 30.9 Å². The third-order valence-corrected chi connectivity index (χ3v) is 4.80. The number of aryl methyl sites for hydroxylation is 2. The van der Waals surface area contributed by atoms with Crippen LogP contribution in [0.3, 0.4) is 0 Å². The standard InChI is InChI=1S/C19H25N3O2/c1-12(20-13(2)19-14(3)21-24-15(19)4)16-7-9-17(10-8-16)22-11-5-6-18(22)23/h7-10,12-13,20H,5-6,11H2,1-4H3/t12-,13-/m0/s1. The number of anilines is 1. The normalized spacial score (nSPS) is 17.3. The highest BCUT2D eigenvalue weighted by Crippen LogP contribution is 2.26. The van der Waals surface area contributed by atoms with E-state index >= 15 is 0 Å². The predicted octanol–water partition coefficient (Wildman–Crippen LogP) is 3.83. The number of benzene rings is 1. The summed E-state index contributed by atoms with van der Waals surface area (Å²) in [6.45, 7) is 9.01. The van der Waals surface area contributed by atoms with Gasteiger partial charge in [-0.1, -0.05) is 17.3 Å². The number of carbonyl (C=O) groups is 1. The number of nitrogens with one attached hydrogen (secondary N) is 1. The molecule has 5 heteroatoms. The van der Waals surface area contributed by atoms with Gasteiger partial charge in [0.25, 0.3) is 0 Å². The van der Waals surface area contributed by atoms with Crippen molar-refractivity contribution in [2.45, 2.75) is 52.6 Å². The summed E-state index contributed by atoms with van der Waals surface area (Å²) in [7, 11) is 0. The van der Waals surface area contributed by atoms with Gasteiger partial charge in [-0.25, -0.2) is 0 Å². The molecule has 24 heavy (non-hydrogen) atoms. The molecule has 3 rings (SSSR count). The van der Waals surface area contributed by atoms with Crippen molar-refractivity contribution in [3.8, 4) is 0 Å². The monoisotopic (exact) mass is 327 g/mol. The maximum atomic E-state index is 11.8. The van der Waals surface area contributed by atoms with Crippen LogP contribution < -0.4 is 10.2 Å². The Morgan fingerprint density at radius 1 is 1.17 bits per heavy atom. The zero-order chi connectivity index (χ0) is 17.3. The minimum Gasteiger partial charge on any atom is -0.361 e. The van der Waals surface area contributed by atoms with Gasteiger partial charge in [0, 0.05) is 36.3 Å². The lowest BCUT2D eigenvalue weighted by Crippen LogP contribution is -2.24. The fraction of sp³-hybridized carbons (Fsp3) is 0.474. The number of amides is 1. The van der Waals surface area contributed by atoms with Gasteiger partial charge < -0.3 is 14.7 Å². The second-order valence-electron chi connectivity index (χ2n) is 6.59. The lowest BCUT2D eigenvalue weighted by Gasteiger charge is -2.22. The van der Waals surface area contributed by atoms with Crippen molar-refractivity contribution in [3.05, 3.63) is 46.8 Å². The summed E-state index contributed by atoms with van der Waals surface area (Å²) in [6.07, 6.45) is 1.61. The molecular weight excluding hydrogens is 302 g/mol. The van der Waals surface area contributed by atoms with Gasteiger partial charge in [-0.3, -0.25) is 4.79 Å². The first-order chi connectivity index (χ1) is 11.5. The summed E-state index contributed by atoms with van der Waals surface area (Å²) in [6, 6.07) is 8.62. The van der Waals surface area contributed by atoms with E-state index in [1.165, 1.54) is 5.56 Å². The number of aromatic nitrogens is 1. The van der Waals surface area contributed by atoms with E-state index in [0.29, 0.717) is 6.42 Å². The first-order valence-electron chi connectivity index (χ1n) is 8.56. The van der Waals surface area contributed by atoms with E-state index in [1.54, 1.807) is 0 Å². The van der Waals surface area contributed by atoms with Crippen LogP contribution in [-0.2, 0) is 4.79 Å². The van der Waals surface area contributed by atoms with Gasteiger partial charge in [-0.05, 0) is 51.8 Å². The molecule has 1 fully saturated rings. The minimum absolute atomic E-state index is 0.158. The van der Waals surface area contributed by atoms with Crippen molar-refractivity contribution in [1.29, 1.82) is 0 Å². The quantitative estimate of drug-likeness (QED) is 0.907. The summed E-state index contributed by atoms with van der Waals surface area (Å²) >= 11 is 0. The second-order valence-corrected chi connectivity index (χ2v) is 6.59. The van der Waals surface area contributed by atoms with Crippen molar-refractivity contribution in [2.24, 2.45) is 0 Å². The van der Waals surface area contributed by atoms with E-state index in [-0.39, 0.29) is 18.0 Å². The Morgan fingerprint density at radius 2 is 1.88 bits per heavy atom. The third-order valence-electron chi connectivity index (χ3n) is 4.80. The Kier molecular flexibility index (Phi) is 4.71. The maximum absolute atomic E-state index is 11.8. The zero-order valence-electron chi connectivity index (χ0n) is 14.8. The van der Waals surface area contributed by atoms with Crippen molar-refractivity contribution in [2.75, 3.05) is 11.4 Å². The number of hydrogen-bond donors (Lipinski definition) is 1. The van der Waals surface area contributed by atoms with Crippen LogP contribution in [0, 0.1) is 13.8 Å². The number of rotatable bonds is 5. The summed E-state index contributed by atoms with van der Waals surface area (Å²) in [5, 5.41) is 7.63. The Balaban J connectivity index is 1.69. The molecule has 1 aromatic heterocycles. The van der Waals surface area contributed by atoms with Crippen LogP contribution in [-0.4, -0.2) is 17.6 Å². The molecule has 1 aliphatic rings. The molecule has 0 radical (unpaired) electrons. The fourth-order valence-corrected chi connectivity index (χ4v) is 3.53. The van der Waals surface area contributed by atoms with Crippen LogP contribution in [0.4, 0.5) is 5.69 Å². The SMILES string of the molecule is Cc1noc(C)c1[C@H](C)N[C@@H](C)c1ccc(N2CCCC2=O)cc1. The largest absolute Gasteiger partial charge is 0.361 e. The molecule has 1 saturated heterocycles. The summed E-state index contributed by atoms with van der Waals surface area (Å²) in [4.78, 5) is 13.7. The van der Waals surface area contributed by atoms with Crippen molar-refractivity contribution in [3.63, 3.8) is 0 Å². The summed E-state index contributed by atoms with van der Waals surface area (Å²) in [5.41, 5.74) is 4.25. The van der Waals surface area contributed by atoms with Crippen LogP contribution >= 0.6 is 0 Å².